The Morgan fingerprint density at radius 3 is 2.81 bits per heavy atom. The first-order valence-electron chi connectivity index (χ1n) is 7.78. The van der Waals surface area contributed by atoms with Gasteiger partial charge in [0, 0.05) is 10.6 Å². The molecular formula is C16H14ClF3N6O. The van der Waals surface area contributed by atoms with Crippen molar-refractivity contribution in [2.24, 2.45) is 0 Å². The summed E-state index contributed by atoms with van der Waals surface area (Å²) in [6.45, 7) is 1.15. The molecule has 27 heavy (non-hydrogen) atoms. The van der Waals surface area contributed by atoms with E-state index in [4.69, 9.17) is 11.6 Å². The highest BCUT2D eigenvalue weighted by molar-refractivity contribution is 6.31. The van der Waals surface area contributed by atoms with Crippen molar-refractivity contribution in [2.75, 3.05) is 5.32 Å². The summed E-state index contributed by atoms with van der Waals surface area (Å²) in [5.41, 5.74) is 0.258. The van der Waals surface area contributed by atoms with Crippen LogP contribution in [-0.2, 0) is 17.9 Å². The van der Waals surface area contributed by atoms with Crippen LogP contribution in [0.5, 0.6) is 0 Å². The van der Waals surface area contributed by atoms with E-state index in [0.29, 0.717) is 5.69 Å². The van der Waals surface area contributed by atoms with Crippen molar-refractivity contribution in [3.05, 3.63) is 58.4 Å². The van der Waals surface area contributed by atoms with E-state index in [2.05, 4.69) is 20.5 Å². The van der Waals surface area contributed by atoms with Crippen LogP contribution >= 0.6 is 11.6 Å². The van der Waals surface area contributed by atoms with Gasteiger partial charge < -0.3 is 0 Å². The van der Waals surface area contributed by atoms with Crippen LogP contribution in [0.25, 0.3) is 0 Å². The molecule has 0 fully saturated rings. The highest BCUT2D eigenvalue weighted by Gasteiger charge is 2.18. The maximum atomic E-state index is 13.8. The number of hydrogen-bond acceptors (Lipinski definition) is 4. The topological polar surface area (TPSA) is 77.6 Å². The molecule has 0 aliphatic heterocycles. The second kappa shape index (κ2) is 7.78. The van der Waals surface area contributed by atoms with Crippen LogP contribution in [0.3, 0.4) is 0 Å². The normalized spacial score (nSPS) is 11.2. The third-order valence-corrected chi connectivity index (χ3v) is 3.97. The molecule has 0 bridgehead atoms. The molecule has 11 heteroatoms. The molecule has 3 aromatic rings. The van der Waals surface area contributed by atoms with Crippen molar-refractivity contribution in [1.82, 2.24) is 24.5 Å². The first-order valence-corrected chi connectivity index (χ1v) is 8.16. The van der Waals surface area contributed by atoms with Crippen molar-refractivity contribution in [1.29, 1.82) is 0 Å². The predicted molar refractivity (Wildman–Crippen MR) is 91.1 cm³/mol. The number of aromatic nitrogens is 5. The highest BCUT2D eigenvalue weighted by Crippen LogP contribution is 2.20. The summed E-state index contributed by atoms with van der Waals surface area (Å²) in [4.78, 5) is 15.9. The van der Waals surface area contributed by atoms with Crippen LogP contribution < -0.4 is 5.32 Å². The summed E-state index contributed by atoms with van der Waals surface area (Å²) in [6, 6.07) is 5.52. The van der Waals surface area contributed by atoms with Gasteiger partial charge in [-0.3, -0.25) is 14.8 Å². The Morgan fingerprint density at radius 2 is 2.11 bits per heavy atom. The Kier molecular flexibility index (Phi) is 5.45. The third-order valence-electron chi connectivity index (χ3n) is 3.62. The monoisotopic (exact) mass is 398 g/mol. The van der Waals surface area contributed by atoms with Crippen LogP contribution in [0.2, 0.25) is 5.02 Å². The number of nitrogens with one attached hydrogen (secondary N) is 1. The Balaban J connectivity index is 1.66. The Labute approximate surface area is 156 Å². The van der Waals surface area contributed by atoms with Crippen molar-refractivity contribution in [2.45, 2.75) is 26.4 Å². The van der Waals surface area contributed by atoms with Gasteiger partial charge in [0.05, 0.1) is 12.2 Å². The lowest BCUT2D eigenvalue weighted by atomic mass is 10.2. The zero-order valence-electron chi connectivity index (χ0n) is 14.0. The maximum absolute atomic E-state index is 13.8. The highest BCUT2D eigenvalue weighted by atomic mass is 35.5. The molecule has 1 aromatic carbocycles. The number of benzene rings is 1. The van der Waals surface area contributed by atoms with Crippen molar-refractivity contribution in [3.63, 3.8) is 0 Å². The molecule has 0 saturated heterocycles. The van der Waals surface area contributed by atoms with Gasteiger partial charge in [0.1, 0.15) is 24.4 Å². The van der Waals surface area contributed by atoms with E-state index >= 15 is 0 Å². The standard InChI is InChI=1S/C16H14ClF3N6O/c1-9-5-13(15(19)20)26(23-9)7-14(27)22-16-21-8-25(24-16)6-10-11(17)3-2-4-12(10)18/h2-5,8,15H,6-7H2,1H3,(H,22,24,27). The number of carbonyl (C=O) groups excluding carboxylic acids is 1. The molecule has 3 rings (SSSR count). The van der Waals surface area contributed by atoms with Crippen molar-refractivity contribution < 1.29 is 18.0 Å². The average molecular weight is 399 g/mol. The van der Waals surface area contributed by atoms with Crippen molar-refractivity contribution in [3.8, 4) is 0 Å². The SMILES string of the molecule is Cc1cc(C(F)F)n(CC(=O)Nc2ncn(Cc3c(F)cccc3Cl)n2)n1. The molecule has 0 aliphatic rings. The number of halogens is 4. The lowest BCUT2D eigenvalue weighted by molar-refractivity contribution is -0.117. The summed E-state index contributed by atoms with van der Waals surface area (Å²) in [5.74, 6) is -1.16. The zero-order chi connectivity index (χ0) is 19.6. The molecule has 0 unspecified atom stereocenters. The Hall–Kier alpha value is -2.88. The third kappa shape index (κ3) is 4.45. The number of carbonyl (C=O) groups is 1. The molecular weight excluding hydrogens is 385 g/mol. The summed E-state index contributed by atoms with van der Waals surface area (Å²) in [5, 5.41) is 10.5. The maximum Gasteiger partial charge on any atom is 0.280 e. The summed E-state index contributed by atoms with van der Waals surface area (Å²) in [6.07, 6.45) is -1.46. The van der Waals surface area contributed by atoms with Gasteiger partial charge in [-0.15, -0.1) is 5.10 Å². The van der Waals surface area contributed by atoms with Crippen LogP contribution in [0.4, 0.5) is 19.1 Å². The average Bonchev–Trinajstić information content (AvgIpc) is 3.17. The van der Waals surface area contributed by atoms with Gasteiger partial charge in [0.15, 0.2) is 0 Å². The van der Waals surface area contributed by atoms with Gasteiger partial charge in [-0.05, 0) is 25.1 Å². The number of nitrogens with zero attached hydrogens (tertiary/aromatic N) is 5. The number of alkyl halides is 2. The molecule has 0 aliphatic carbocycles. The number of hydrogen-bond donors (Lipinski definition) is 1. The smallest absolute Gasteiger partial charge is 0.280 e. The molecule has 2 heterocycles. The molecule has 0 saturated carbocycles. The van der Waals surface area contributed by atoms with E-state index in [-0.39, 0.29) is 28.8 Å². The number of anilines is 1. The molecule has 0 spiro atoms. The molecule has 2 aromatic heterocycles. The van der Waals surface area contributed by atoms with Crippen molar-refractivity contribution >= 4 is 23.5 Å². The predicted octanol–water partition coefficient (Wildman–Crippen LogP) is 3.20. The van der Waals surface area contributed by atoms with Gasteiger partial charge in [0.25, 0.3) is 6.43 Å². The molecule has 0 atom stereocenters. The lowest BCUT2D eigenvalue weighted by Gasteiger charge is -2.06. The number of rotatable bonds is 6. The molecule has 0 radical (unpaired) electrons. The Bertz CT molecular complexity index is 951. The van der Waals surface area contributed by atoms with Gasteiger partial charge in [0.2, 0.25) is 11.9 Å². The van der Waals surface area contributed by atoms with E-state index in [1.165, 1.54) is 29.2 Å². The zero-order valence-corrected chi connectivity index (χ0v) is 14.8. The largest absolute Gasteiger partial charge is 0.292 e. The van der Waals surface area contributed by atoms with Gasteiger partial charge in [-0.1, -0.05) is 17.7 Å². The van der Waals surface area contributed by atoms with Crippen LogP contribution in [0, 0.1) is 12.7 Å². The van der Waals surface area contributed by atoms with Crippen LogP contribution in [0.1, 0.15) is 23.4 Å². The minimum Gasteiger partial charge on any atom is -0.292 e. The summed E-state index contributed by atoms with van der Waals surface area (Å²) >= 11 is 5.96. The Morgan fingerprint density at radius 1 is 1.33 bits per heavy atom. The second-order valence-electron chi connectivity index (χ2n) is 5.68. The van der Waals surface area contributed by atoms with E-state index in [1.807, 2.05) is 0 Å². The van der Waals surface area contributed by atoms with Gasteiger partial charge in [-0.25, -0.2) is 22.8 Å². The fourth-order valence-electron chi connectivity index (χ4n) is 2.44. The van der Waals surface area contributed by atoms with Crippen LogP contribution in [0.15, 0.2) is 30.6 Å². The quantitative estimate of drug-likeness (QED) is 0.691. The van der Waals surface area contributed by atoms with E-state index in [0.717, 1.165) is 4.68 Å². The minimum absolute atomic E-state index is 0.0161. The van der Waals surface area contributed by atoms with Gasteiger partial charge >= 0.3 is 0 Å². The summed E-state index contributed by atoms with van der Waals surface area (Å²) < 4.78 is 41.9. The molecule has 7 nitrogen and oxygen atoms in total. The molecule has 142 valence electrons. The minimum atomic E-state index is -2.75. The van der Waals surface area contributed by atoms with Gasteiger partial charge in [-0.2, -0.15) is 5.10 Å². The first-order chi connectivity index (χ1) is 12.8. The lowest BCUT2D eigenvalue weighted by Crippen LogP contribution is -2.22. The number of amides is 1. The van der Waals surface area contributed by atoms with Crippen LogP contribution in [-0.4, -0.2) is 30.5 Å². The van der Waals surface area contributed by atoms with E-state index in [9.17, 15) is 18.0 Å². The summed E-state index contributed by atoms with van der Waals surface area (Å²) in [7, 11) is 0. The fraction of sp³-hybridized carbons (Fsp3) is 0.250. The first kappa shape index (κ1) is 18.9. The second-order valence-corrected chi connectivity index (χ2v) is 6.09. The molecule has 1 N–H and O–H groups in total. The van der Waals surface area contributed by atoms with E-state index in [1.54, 1.807) is 13.0 Å². The fourth-order valence-corrected chi connectivity index (χ4v) is 2.66. The molecule has 1 amide bonds. The number of aryl methyl sites for hydroxylation is 1. The van der Waals surface area contributed by atoms with E-state index < -0.39 is 24.7 Å².